The lowest BCUT2D eigenvalue weighted by atomic mass is 10.3. The first-order valence-corrected chi connectivity index (χ1v) is 9.27. The van der Waals surface area contributed by atoms with Gasteiger partial charge in [-0.15, -0.1) is 11.3 Å². The zero-order valence-electron chi connectivity index (χ0n) is 12.9. The van der Waals surface area contributed by atoms with Gasteiger partial charge in [0.2, 0.25) is 5.91 Å². The number of thiophene rings is 1. The fourth-order valence-corrected chi connectivity index (χ4v) is 4.52. The number of likely N-dealkylation sites (N-methyl/N-ethyl adjacent to an activating group) is 1. The molecule has 0 aliphatic rings. The summed E-state index contributed by atoms with van der Waals surface area (Å²) in [5.74, 6) is 0.210. The van der Waals surface area contributed by atoms with Crippen LogP contribution in [-0.4, -0.2) is 38.8 Å². The molecule has 23 heavy (non-hydrogen) atoms. The van der Waals surface area contributed by atoms with Crippen LogP contribution < -0.4 is 10.1 Å². The van der Waals surface area contributed by atoms with Crippen molar-refractivity contribution in [3.05, 3.63) is 41.8 Å². The van der Waals surface area contributed by atoms with Crippen molar-refractivity contribution in [2.24, 2.45) is 0 Å². The first-order chi connectivity index (χ1) is 11.0. The molecule has 1 amide bonds. The van der Waals surface area contributed by atoms with E-state index in [1.54, 1.807) is 42.6 Å². The minimum absolute atomic E-state index is 0.214. The van der Waals surface area contributed by atoms with Crippen LogP contribution >= 0.6 is 11.3 Å². The third kappa shape index (κ3) is 4.31. The van der Waals surface area contributed by atoms with Crippen LogP contribution in [0.25, 0.3) is 0 Å². The van der Waals surface area contributed by atoms with Crippen LogP contribution in [0, 0.1) is 0 Å². The SMILES string of the molecule is CCN(CC(=O)Nc1cccc(OC)c1)S(=O)(=O)c1cccs1. The van der Waals surface area contributed by atoms with Gasteiger partial charge in [-0.25, -0.2) is 8.42 Å². The smallest absolute Gasteiger partial charge is 0.253 e. The van der Waals surface area contributed by atoms with Gasteiger partial charge in [-0.05, 0) is 23.6 Å². The van der Waals surface area contributed by atoms with Crippen molar-refractivity contribution < 1.29 is 17.9 Å². The lowest BCUT2D eigenvalue weighted by molar-refractivity contribution is -0.116. The molecule has 0 fully saturated rings. The van der Waals surface area contributed by atoms with Crippen LogP contribution in [-0.2, 0) is 14.8 Å². The predicted octanol–water partition coefficient (Wildman–Crippen LogP) is 2.41. The second-order valence-corrected chi connectivity index (χ2v) is 7.76. The van der Waals surface area contributed by atoms with E-state index in [-0.39, 0.29) is 17.3 Å². The Labute approximate surface area is 139 Å². The van der Waals surface area contributed by atoms with Crippen LogP contribution in [0.3, 0.4) is 0 Å². The molecule has 2 rings (SSSR count). The van der Waals surface area contributed by atoms with E-state index in [4.69, 9.17) is 4.74 Å². The molecule has 0 unspecified atom stereocenters. The molecule has 124 valence electrons. The Balaban J connectivity index is 2.08. The first-order valence-electron chi connectivity index (χ1n) is 6.95. The maximum Gasteiger partial charge on any atom is 0.253 e. The van der Waals surface area contributed by atoms with Crippen LogP contribution in [0.5, 0.6) is 5.75 Å². The van der Waals surface area contributed by atoms with Crippen molar-refractivity contribution in [2.75, 3.05) is 25.5 Å². The zero-order chi connectivity index (χ0) is 16.9. The quantitative estimate of drug-likeness (QED) is 0.828. The molecule has 0 aliphatic heterocycles. The summed E-state index contributed by atoms with van der Waals surface area (Å²) in [6.07, 6.45) is 0. The van der Waals surface area contributed by atoms with Gasteiger partial charge in [0.15, 0.2) is 0 Å². The number of nitrogens with zero attached hydrogens (tertiary/aromatic N) is 1. The number of methoxy groups -OCH3 is 1. The maximum atomic E-state index is 12.4. The molecular formula is C15H18N2O4S2. The normalized spacial score (nSPS) is 11.4. The minimum Gasteiger partial charge on any atom is -0.497 e. The number of amides is 1. The van der Waals surface area contributed by atoms with E-state index < -0.39 is 15.9 Å². The van der Waals surface area contributed by atoms with Crippen molar-refractivity contribution in [3.63, 3.8) is 0 Å². The fraction of sp³-hybridized carbons (Fsp3) is 0.267. The highest BCUT2D eigenvalue weighted by Crippen LogP contribution is 2.21. The number of benzene rings is 1. The van der Waals surface area contributed by atoms with Crippen LogP contribution in [0.1, 0.15) is 6.92 Å². The number of rotatable bonds is 7. The number of carbonyl (C=O) groups is 1. The van der Waals surface area contributed by atoms with E-state index in [2.05, 4.69) is 5.32 Å². The summed E-state index contributed by atoms with van der Waals surface area (Å²) >= 11 is 1.13. The highest BCUT2D eigenvalue weighted by molar-refractivity contribution is 7.91. The number of hydrogen-bond acceptors (Lipinski definition) is 5. The molecule has 0 saturated carbocycles. The summed E-state index contributed by atoms with van der Waals surface area (Å²) in [5, 5.41) is 4.37. The summed E-state index contributed by atoms with van der Waals surface area (Å²) in [6.45, 7) is 1.67. The average molecular weight is 354 g/mol. The number of anilines is 1. The molecule has 1 aromatic carbocycles. The van der Waals surface area contributed by atoms with Gasteiger partial charge in [-0.2, -0.15) is 4.31 Å². The number of carbonyl (C=O) groups excluding carboxylic acids is 1. The van der Waals surface area contributed by atoms with Gasteiger partial charge in [0.25, 0.3) is 10.0 Å². The molecule has 0 spiro atoms. The summed E-state index contributed by atoms with van der Waals surface area (Å²) in [4.78, 5) is 12.1. The van der Waals surface area contributed by atoms with E-state index in [9.17, 15) is 13.2 Å². The van der Waals surface area contributed by atoms with Gasteiger partial charge < -0.3 is 10.1 Å². The Morgan fingerprint density at radius 1 is 1.30 bits per heavy atom. The maximum absolute atomic E-state index is 12.4. The Morgan fingerprint density at radius 2 is 2.09 bits per heavy atom. The van der Waals surface area contributed by atoms with Crippen LogP contribution in [0.4, 0.5) is 5.69 Å². The molecule has 0 saturated heterocycles. The highest BCUT2D eigenvalue weighted by Gasteiger charge is 2.26. The third-order valence-corrected chi connectivity index (χ3v) is 6.41. The Kier molecular flexibility index (Phi) is 5.75. The molecular weight excluding hydrogens is 336 g/mol. The molecule has 6 nitrogen and oxygen atoms in total. The molecule has 2 aromatic rings. The summed E-state index contributed by atoms with van der Waals surface area (Å²) in [5.41, 5.74) is 0.555. The van der Waals surface area contributed by atoms with Gasteiger partial charge in [0.05, 0.1) is 13.7 Å². The number of hydrogen-bond donors (Lipinski definition) is 1. The van der Waals surface area contributed by atoms with Gasteiger partial charge in [-0.1, -0.05) is 19.1 Å². The van der Waals surface area contributed by atoms with Gasteiger partial charge in [0.1, 0.15) is 9.96 Å². The van der Waals surface area contributed by atoms with Crippen molar-refractivity contribution in [2.45, 2.75) is 11.1 Å². The van der Waals surface area contributed by atoms with Crippen molar-refractivity contribution in [1.82, 2.24) is 4.31 Å². The van der Waals surface area contributed by atoms with Crippen LogP contribution in [0.15, 0.2) is 46.0 Å². The van der Waals surface area contributed by atoms with E-state index in [0.29, 0.717) is 11.4 Å². The molecule has 1 heterocycles. The Morgan fingerprint density at radius 3 is 2.70 bits per heavy atom. The van der Waals surface area contributed by atoms with Crippen molar-refractivity contribution in [3.8, 4) is 5.75 Å². The summed E-state index contributed by atoms with van der Waals surface area (Å²) in [7, 11) is -2.11. The Bertz CT molecular complexity index is 758. The molecule has 0 bridgehead atoms. The van der Waals surface area contributed by atoms with Gasteiger partial charge >= 0.3 is 0 Å². The number of nitrogens with one attached hydrogen (secondary N) is 1. The second kappa shape index (κ2) is 7.58. The predicted molar refractivity (Wildman–Crippen MR) is 90.4 cm³/mol. The zero-order valence-corrected chi connectivity index (χ0v) is 14.5. The second-order valence-electron chi connectivity index (χ2n) is 4.64. The number of ether oxygens (including phenoxy) is 1. The fourth-order valence-electron chi connectivity index (χ4n) is 1.97. The van der Waals surface area contributed by atoms with E-state index in [1.807, 2.05) is 0 Å². The minimum atomic E-state index is -3.64. The monoisotopic (exact) mass is 354 g/mol. The lowest BCUT2D eigenvalue weighted by Gasteiger charge is -2.19. The lowest BCUT2D eigenvalue weighted by Crippen LogP contribution is -2.37. The van der Waals surface area contributed by atoms with Gasteiger partial charge in [-0.3, -0.25) is 4.79 Å². The van der Waals surface area contributed by atoms with E-state index in [1.165, 1.54) is 13.2 Å². The van der Waals surface area contributed by atoms with Crippen LogP contribution in [0.2, 0.25) is 0 Å². The average Bonchev–Trinajstić information content (AvgIpc) is 3.07. The van der Waals surface area contributed by atoms with E-state index in [0.717, 1.165) is 15.6 Å². The van der Waals surface area contributed by atoms with E-state index >= 15 is 0 Å². The first kappa shape index (κ1) is 17.5. The molecule has 8 heteroatoms. The molecule has 1 N–H and O–H groups in total. The highest BCUT2D eigenvalue weighted by atomic mass is 32.2. The molecule has 0 radical (unpaired) electrons. The van der Waals surface area contributed by atoms with Gasteiger partial charge in [0, 0.05) is 18.3 Å². The van der Waals surface area contributed by atoms with Crippen molar-refractivity contribution >= 4 is 33.0 Å². The Hall–Kier alpha value is -1.90. The molecule has 0 aliphatic carbocycles. The topological polar surface area (TPSA) is 75.7 Å². The summed E-state index contributed by atoms with van der Waals surface area (Å²) < 4.78 is 31.4. The van der Waals surface area contributed by atoms with Crippen molar-refractivity contribution in [1.29, 1.82) is 0 Å². The largest absolute Gasteiger partial charge is 0.497 e. The standard InChI is InChI=1S/C15H18N2O4S2/c1-3-17(23(19,20)15-8-5-9-22-15)11-14(18)16-12-6-4-7-13(10-12)21-2/h4-10H,3,11H2,1-2H3,(H,16,18). The molecule has 1 aromatic heterocycles. The summed E-state index contributed by atoms with van der Waals surface area (Å²) in [6, 6.07) is 10.1. The number of sulfonamides is 1. The third-order valence-electron chi connectivity index (χ3n) is 3.12. The molecule has 0 atom stereocenters.